The number of hydrogen-bond donors (Lipinski definition) is 1. The third-order valence-electron chi connectivity index (χ3n) is 3.51. The van der Waals surface area contributed by atoms with Gasteiger partial charge in [0.1, 0.15) is 0 Å². The van der Waals surface area contributed by atoms with E-state index in [0.717, 1.165) is 19.6 Å². The molecule has 2 atom stereocenters. The molecule has 0 spiro atoms. The van der Waals surface area contributed by atoms with E-state index in [4.69, 9.17) is 4.74 Å². The molecule has 3 rings (SSSR count). The summed E-state index contributed by atoms with van der Waals surface area (Å²) < 4.78 is 5.86. The molecule has 2 aromatic rings. The third-order valence-corrected chi connectivity index (χ3v) is 3.51. The molecule has 2 unspecified atom stereocenters. The van der Waals surface area contributed by atoms with Gasteiger partial charge in [0.25, 0.3) is 0 Å². The highest BCUT2D eigenvalue weighted by atomic mass is 16.5. The first-order valence-corrected chi connectivity index (χ1v) is 6.72. The van der Waals surface area contributed by atoms with Crippen molar-refractivity contribution in [2.24, 2.45) is 0 Å². The maximum absolute atomic E-state index is 5.86. The maximum atomic E-state index is 5.86. The molecule has 98 valence electrons. The van der Waals surface area contributed by atoms with Gasteiger partial charge < -0.3 is 10.1 Å². The van der Waals surface area contributed by atoms with E-state index in [0.29, 0.717) is 6.04 Å². The Morgan fingerprint density at radius 3 is 2.84 bits per heavy atom. The van der Waals surface area contributed by atoms with Crippen LogP contribution in [-0.2, 0) is 11.3 Å². The van der Waals surface area contributed by atoms with E-state index < -0.39 is 0 Å². The minimum atomic E-state index is 0.165. The lowest BCUT2D eigenvalue weighted by Crippen LogP contribution is -2.31. The Kier molecular flexibility index (Phi) is 3.86. The minimum Gasteiger partial charge on any atom is -0.372 e. The lowest BCUT2D eigenvalue weighted by atomic mass is 10.0. The Hall–Kier alpha value is -1.71. The largest absolute Gasteiger partial charge is 0.372 e. The van der Waals surface area contributed by atoms with E-state index in [9.17, 15) is 0 Å². The highest BCUT2D eigenvalue weighted by Gasteiger charge is 2.28. The van der Waals surface area contributed by atoms with Crippen LogP contribution in [0.4, 0.5) is 0 Å². The normalized spacial score (nSPS) is 22.5. The molecule has 1 aromatic heterocycles. The lowest BCUT2D eigenvalue weighted by Gasteiger charge is -2.20. The Morgan fingerprint density at radius 1 is 1.16 bits per heavy atom. The third kappa shape index (κ3) is 3.00. The van der Waals surface area contributed by atoms with Gasteiger partial charge in [-0.2, -0.15) is 0 Å². The highest BCUT2D eigenvalue weighted by molar-refractivity contribution is 5.20. The van der Waals surface area contributed by atoms with Gasteiger partial charge in [0.2, 0.25) is 0 Å². The monoisotopic (exact) mass is 254 g/mol. The molecule has 19 heavy (non-hydrogen) atoms. The molecule has 0 bridgehead atoms. The van der Waals surface area contributed by atoms with Crippen LogP contribution in [0.25, 0.3) is 0 Å². The van der Waals surface area contributed by atoms with Crippen LogP contribution >= 0.6 is 0 Å². The molecule has 2 heterocycles. The van der Waals surface area contributed by atoms with Crippen LogP contribution < -0.4 is 5.32 Å². The zero-order valence-electron chi connectivity index (χ0n) is 10.8. The van der Waals surface area contributed by atoms with Crippen LogP contribution in [0.5, 0.6) is 0 Å². The Bertz CT molecular complexity index is 501. The lowest BCUT2D eigenvalue weighted by molar-refractivity contribution is 0.0985. The van der Waals surface area contributed by atoms with Gasteiger partial charge in [-0.15, -0.1) is 0 Å². The summed E-state index contributed by atoms with van der Waals surface area (Å²) >= 11 is 0. The summed E-state index contributed by atoms with van der Waals surface area (Å²) in [6, 6.07) is 14.9. The molecular weight excluding hydrogens is 236 g/mol. The van der Waals surface area contributed by atoms with Crippen molar-refractivity contribution in [3.05, 3.63) is 66.0 Å². The van der Waals surface area contributed by atoms with Gasteiger partial charge in [-0.1, -0.05) is 36.4 Å². The van der Waals surface area contributed by atoms with Crippen molar-refractivity contribution in [3.63, 3.8) is 0 Å². The first kappa shape index (κ1) is 12.3. The Balaban J connectivity index is 1.64. The second-order valence-electron chi connectivity index (χ2n) is 4.84. The molecule has 1 fully saturated rings. The van der Waals surface area contributed by atoms with E-state index in [1.54, 1.807) is 6.20 Å². The van der Waals surface area contributed by atoms with Crippen molar-refractivity contribution in [3.8, 4) is 0 Å². The highest BCUT2D eigenvalue weighted by Crippen LogP contribution is 2.29. The predicted octanol–water partition coefficient (Wildman–Crippen LogP) is 2.70. The van der Waals surface area contributed by atoms with Crippen molar-refractivity contribution >= 4 is 0 Å². The fraction of sp³-hybridized carbons (Fsp3) is 0.312. The van der Waals surface area contributed by atoms with Gasteiger partial charge in [0.15, 0.2) is 0 Å². The molecule has 1 aromatic carbocycles. The van der Waals surface area contributed by atoms with Crippen LogP contribution in [0.1, 0.15) is 23.7 Å². The molecule has 0 radical (unpaired) electrons. The summed E-state index contributed by atoms with van der Waals surface area (Å²) in [6.45, 7) is 1.66. The Labute approximate surface area is 113 Å². The molecule has 1 aliphatic rings. The van der Waals surface area contributed by atoms with Crippen LogP contribution in [0.2, 0.25) is 0 Å². The maximum Gasteiger partial charge on any atom is 0.0978 e. The molecule has 0 saturated carbocycles. The smallest absolute Gasteiger partial charge is 0.0978 e. The summed E-state index contributed by atoms with van der Waals surface area (Å²) in [5.74, 6) is 0. The van der Waals surface area contributed by atoms with Crippen molar-refractivity contribution in [1.82, 2.24) is 10.3 Å². The zero-order valence-corrected chi connectivity index (χ0v) is 10.8. The fourth-order valence-electron chi connectivity index (χ4n) is 2.52. The van der Waals surface area contributed by atoms with Crippen molar-refractivity contribution in [1.29, 1.82) is 0 Å². The molecule has 3 nitrogen and oxygen atoms in total. The van der Waals surface area contributed by atoms with Crippen LogP contribution in [0, 0.1) is 0 Å². The quantitative estimate of drug-likeness (QED) is 0.911. The van der Waals surface area contributed by atoms with Crippen molar-refractivity contribution in [2.75, 3.05) is 6.61 Å². The second-order valence-corrected chi connectivity index (χ2v) is 4.84. The predicted molar refractivity (Wildman–Crippen MR) is 74.6 cm³/mol. The average molecular weight is 254 g/mol. The van der Waals surface area contributed by atoms with E-state index in [1.807, 2.05) is 18.3 Å². The number of benzene rings is 1. The average Bonchev–Trinajstić information content (AvgIpc) is 2.95. The molecule has 0 aliphatic carbocycles. The molecule has 1 saturated heterocycles. The first-order valence-electron chi connectivity index (χ1n) is 6.72. The molecular formula is C16H18N2O. The van der Waals surface area contributed by atoms with Gasteiger partial charge in [0.05, 0.1) is 6.10 Å². The van der Waals surface area contributed by atoms with E-state index >= 15 is 0 Å². The fourth-order valence-corrected chi connectivity index (χ4v) is 2.52. The molecule has 0 amide bonds. The van der Waals surface area contributed by atoms with Gasteiger partial charge in [0, 0.05) is 31.6 Å². The van der Waals surface area contributed by atoms with Crippen molar-refractivity contribution in [2.45, 2.75) is 25.1 Å². The topological polar surface area (TPSA) is 34.1 Å². The summed E-state index contributed by atoms with van der Waals surface area (Å²) in [7, 11) is 0. The molecule has 1 N–H and O–H groups in total. The van der Waals surface area contributed by atoms with E-state index in [2.05, 4.69) is 40.6 Å². The first-order chi connectivity index (χ1) is 9.43. The number of rotatable bonds is 4. The summed E-state index contributed by atoms with van der Waals surface area (Å²) in [5.41, 5.74) is 2.46. The zero-order chi connectivity index (χ0) is 12.9. The summed E-state index contributed by atoms with van der Waals surface area (Å²) in [6.07, 6.45) is 4.92. The van der Waals surface area contributed by atoms with E-state index in [1.165, 1.54) is 11.1 Å². The van der Waals surface area contributed by atoms with Gasteiger partial charge >= 0.3 is 0 Å². The minimum absolute atomic E-state index is 0.165. The standard InChI is InChI=1S/C16H18N2O/c1-2-6-14(7-3-1)16-15(8-10-19-16)18-12-13-5-4-9-17-11-13/h1-7,9,11,15-16,18H,8,10,12H2. The number of hydrogen-bond acceptors (Lipinski definition) is 3. The summed E-state index contributed by atoms with van der Waals surface area (Å²) in [5, 5.41) is 3.58. The Morgan fingerprint density at radius 2 is 2.05 bits per heavy atom. The summed E-state index contributed by atoms with van der Waals surface area (Å²) in [4.78, 5) is 4.14. The van der Waals surface area contributed by atoms with Crippen LogP contribution in [0.15, 0.2) is 54.9 Å². The molecule has 3 heteroatoms. The number of pyridine rings is 1. The number of ether oxygens (including phenoxy) is 1. The van der Waals surface area contributed by atoms with Gasteiger partial charge in [-0.05, 0) is 23.6 Å². The van der Waals surface area contributed by atoms with Crippen LogP contribution in [0.3, 0.4) is 0 Å². The van der Waals surface area contributed by atoms with Gasteiger partial charge in [-0.25, -0.2) is 0 Å². The van der Waals surface area contributed by atoms with Gasteiger partial charge in [-0.3, -0.25) is 4.98 Å². The van der Waals surface area contributed by atoms with Crippen LogP contribution in [-0.4, -0.2) is 17.6 Å². The SMILES string of the molecule is c1ccc(C2OCCC2NCc2cccnc2)cc1. The van der Waals surface area contributed by atoms with E-state index in [-0.39, 0.29) is 6.10 Å². The number of aromatic nitrogens is 1. The van der Waals surface area contributed by atoms with Crippen molar-refractivity contribution < 1.29 is 4.74 Å². The number of nitrogens with one attached hydrogen (secondary N) is 1. The molecule has 1 aliphatic heterocycles. The second kappa shape index (κ2) is 5.95. The number of nitrogens with zero attached hydrogens (tertiary/aromatic N) is 1.